The fraction of sp³-hybridized carbons (Fsp3) is 0.688. The third-order valence-electron chi connectivity index (χ3n) is 5.07. The van der Waals surface area contributed by atoms with Crippen molar-refractivity contribution in [2.45, 2.75) is 31.2 Å². The van der Waals surface area contributed by atoms with Crippen LogP contribution in [0.25, 0.3) is 0 Å². The van der Waals surface area contributed by atoms with E-state index in [1.165, 1.54) is 23.8 Å². The van der Waals surface area contributed by atoms with Gasteiger partial charge in [0.2, 0.25) is 11.8 Å². The topological polar surface area (TPSA) is 107 Å². The van der Waals surface area contributed by atoms with Crippen molar-refractivity contribution in [1.82, 2.24) is 9.80 Å². The maximum atomic E-state index is 12.3. The predicted octanol–water partition coefficient (Wildman–Crippen LogP) is -0.269. The van der Waals surface area contributed by atoms with Crippen molar-refractivity contribution >= 4 is 29.5 Å². The van der Waals surface area contributed by atoms with E-state index in [0.29, 0.717) is 18.0 Å². The Morgan fingerprint density at radius 1 is 1.40 bits per heavy atom. The summed E-state index contributed by atoms with van der Waals surface area (Å²) >= 11 is 1.43. The zero-order chi connectivity index (χ0) is 18.5. The van der Waals surface area contributed by atoms with Gasteiger partial charge in [0.15, 0.2) is 0 Å². The van der Waals surface area contributed by atoms with Crippen molar-refractivity contribution < 1.29 is 29.3 Å². The number of likely N-dealkylation sites (tertiary alicyclic amines) is 1. The number of carboxylic acids is 1. The third-order valence-corrected chi connectivity index (χ3v) is 6.52. The van der Waals surface area contributed by atoms with Crippen molar-refractivity contribution in [2.75, 3.05) is 26.8 Å². The number of nitrogens with zero attached hydrogens (tertiary/aromatic N) is 2. The maximum absolute atomic E-state index is 12.3. The molecule has 3 rings (SSSR count). The first-order valence-corrected chi connectivity index (χ1v) is 9.07. The van der Waals surface area contributed by atoms with Crippen LogP contribution < -0.4 is 0 Å². The minimum absolute atomic E-state index is 0.0334. The molecule has 3 aliphatic rings. The molecule has 3 aliphatic heterocycles. The highest BCUT2D eigenvalue weighted by Gasteiger charge is 2.60. The van der Waals surface area contributed by atoms with Gasteiger partial charge in [0.25, 0.3) is 0 Å². The Morgan fingerprint density at radius 3 is 2.56 bits per heavy atom. The number of amides is 2. The number of methoxy groups -OCH3 is 1. The van der Waals surface area contributed by atoms with E-state index in [2.05, 4.69) is 0 Å². The predicted molar refractivity (Wildman–Crippen MR) is 89.5 cm³/mol. The van der Waals surface area contributed by atoms with Gasteiger partial charge in [0, 0.05) is 36.3 Å². The Labute approximate surface area is 149 Å². The number of hydrogen-bond donors (Lipinski definition) is 2. The number of aliphatic hydroxyl groups is 1. The Balaban J connectivity index is 1.72. The van der Waals surface area contributed by atoms with Crippen LogP contribution in [0, 0.1) is 11.8 Å². The van der Waals surface area contributed by atoms with Gasteiger partial charge in [-0.3, -0.25) is 9.59 Å². The van der Waals surface area contributed by atoms with Crippen LogP contribution in [-0.2, 0) is 19.1 Å². The van der Waals surface area contributed by atoms with Crippen molar-refractivity contribution in [3.05, 3.63) is 10.6 Å². The highest BCUT2D eigenvalue weighted by Crippen LogP contribution is 2.51. The van der Waals surface area contributed by atoms with Crippen molar-refractivity contribution in [3.63, 3.8) is 0 Å². The lowest BCUT2D eigenvalue weighted by Gasteiger charge is -2.46. The zero-order valence-electron chi connectivity index (χ0n) is 14.3. The minimum Gasteiger partial charge on any atom is -0.477 e. The van der Waals surface area contributed by atoms with Crippen LogP contribution in [0.3, 0.4) is 0 Å². The van der Waals surface area contributed by atoms with Gasteiger partial charge in [-0.05, 0) is 6.92 Å². The number of ether oxygens (including phenoxy) is 1. The summed E-state index contributed by atoms with van der Waals surface area (Å²) in [6, 6.07) is -0.299. The van der Waals surface area contributed by atoms with E-state index >= 15 is 0 Å². The monoisotopic (exact) mass is 370 g/mol. The molecule has 0 aliphatic carbocycles. The number of fused-ring (bicyclic) bond motifs is 1. The number of rotatable bonds is 6. The Morgan fingerprint density at radius 2 is 2.04 bits per heavy atom. The Bertz CT molecular complexity index is 643. The van der Waals surface area contributed by atoms with Crippen LogP contribution in [0.1, 0.15) is 13.8 Å². The van der Waals surface area contributed by atoms with Crippen LogP contribution in [-0.4, -0.2) is 82.0 Å². The van der Waals surface area contributed by atoms with Gasteiger partial charge < -0.3 is 24.7 Å². The number of aliphatic carboxylic acids is 1. The van der Waals surface area contributed by atoms with E-state index in [-0.39, 0.29) is 41.3 Å². The Kier molecular flexibility index (Phi) is 4.82. The molecule has 0 aromatic heterocycles. The summed E-state index contributed by atoms with van der Waals surface area (Å²) in [5, 5.41) is 19.5. The molecule has 0 aromatic carbocycles. The number of carbonyl (C=O) groups is 3. The van der Waals surface area contributed by atoms with Gasteiger partial charge in [0.1, 0.15) is 12.3 Å². The van der Waals surface area contributed by atoms with Crippen molar-refractivity contribution in [3.8, 4) is 0 Å². The molecule has 25 heavy (non-hydrogen) atoms. The van der Waals surface area contributed by atoms with Gasteiger partial charge in [-0.15, -0.1) is 11.8 Å². The third kappa shape index (κ3) is 2.84. The van der Waals surface area contributed by atoms with Crippen LogP contribution in [0.4, 0.5) is 0 Å². The van der Waals surface area contributed by atoms with Gasteiger partial charge >= 0.3 is 5.97 Å². The van der Waals surface area contributed by atoms with Crippen LogP contribution in [0.5, 0.6) is 0 Å². The SMILES string of the molecule is COCC(=O)N1CC(SC2=C(C(=O)O)N3C(=O)[C@H]([C@@H](C)O)[C@H]3[C@H]2C)C1. The molecule has 0 bridgehead atoms. The summed E-state index contributed by atoms with van der Waals surface area (Å²) in [7, 11) is 1.47. The van der Waals surface area contributed by atoms with Gasteiger partial charge in [-0.25, -0.2) is 4.79 Å². The second-order valence-electron chi connectivity index (χ2n) is 6.74. The minimum atomic E-state index is -1.12. The standard InChI is InChI=1S/C16H22N2O6S/c1-7-12-11(8(2)19)15(21)18(12)13(16(22)23)14(7)25-9-4-17(5-9)10(20)6-24-3/h7-9,11-12,19H,4-6H2,1-3H3,(H,22,23)/t7-,8-,11-,12-/m1/s1. The van der Waals surface area contributed by atoms with E-state index in [9.17, 15) is 24.6 Å². The summed E-state index contributed by atoms with van der Waals surface area (Å²) in [4.78, 5) is 39.3. The number of thioether (sulfide) groups is 1. The van der Waals surface area contributed by atoms with Gasteiger partial charge in [0.05, 0.1) is 18.1 Å². The lowest BCUT2D eigenvalue weighted by molar-refractivity contribution is -0.163. The van der Waals surface area contributed by atoms with Gasteiger partial charge in [-0.2, -0.15) is 0 Å². The molecule has 4 atom stereocenters. The summed E-state index contributed by atoms with van der Waals surface area (Å²) in [6.07, 6.45) is -0.804. The first-order chi connectivity index (χ1) is 11.8. The number of carboxylic acid groups (broad SMARTS) is 1. The first-order valence-electron chi connectivity index (χ1n) is 8.19. The molecule has 0 unspecified atom stereocenters. The number of hydrogen-bond acceptors (Lipinski definition) is 6. The summed E-state index contributed by atoms with van der Waals surface area (Å²) in [5.74, 6) is -2.23. The van der Waals surface area contributed by atoms with Crippen molar-refractivity contribution in [2.24, 2.45) is 11.8 Å². The summed E-state index contributed by atoms with van der Waals surface area (Å²) in [5.41, 5.74) is 0.0334. The molecule has 8 nitrogen and oxygen atoms in total. The molecule has 0 radical (unpaired) electrons. The van der Waals surface area contributed by atoms with E-state index in [0.717, 1.165) is 0 Å². The zero-order valence-corrected chi connectivity index (χ0v) is 15.2. The van der Waals surface area contributed by atoms with E-state index in [1.54, 1.807) is 11.8 Å². The highest BCUT2D eigenvalue weighted by molar-refractivity contribution is 8.03. The summed E-state index contributed by atoms with van der Waals surface area (Å²) in [6.45, 7) is 4.56. The van der Waals surface area contributed by atoms with Crippen LogP contribution >= 0.6 is 11.8 Å². The Hall–Kier alpha value is -1.58. The number of carbonyl (C=O) groups excluding carboxylic acids is 2. The van der Waals surface area contributed by atoms with E-state index < -0.39 is 18.0 Å². The molecule has 9 heteroatoms. The second-order valence-corrected chi connectivity index (χ2v) is 8.09. The molecule has 2 fully saturated rings. The molecule has 2 N–H and O–H groups in total. The van der Waals surface area contributed by atoms with E-state index in [1.807, 2.05) is 6.92 Å². The molecule has 0 aromatic rings. The van der Waals surface area contributed by atoms with Gasteiger partial charge in [-0.1, -0.05) is 6.92 Å². The normalized spacial score (nSPS) is 30.1. The quantitative estimate of drug-likeness (QED) is 0.620. The molecular weight excluding hydrogens is 348 g/mol. The first kappa shape index (κ1) is 18.2. The molecule has 0 spiro atoms. The smallest absolute Gasteiger partial charge is 0.353 e. The number of aliphatic hydroxyl groups excluding tert-OH is 1. The van der Waals surface area contributed by atoms with Crippen molar-refractivity contribution in [1.29, 1.82) is 0 Å². The molecule has 2 amide bonds. The average molecular weight is 370 g/mol. The fourth-order valence-corrected chi connectivity index (χ4v) is 5.31. The lowest BCUT2D eigenvalue weighted by atomic mass is 9.79. The fourth-order valence-electron chi connectivity index (χ4n) is 3.79. The molecular formula is C16H22N2O6S. The second kappa shape index (κ2) is 6.62. The number of β-lactam (4-membered cyclic amide) rings is 1. The van der Waals surface area contributed by atoms with E-state index in [4.69, 9.17) is 4.74 Å². The van der Waals surface area contributed by atoms with Crippen LogP contribution in [0.2, 0.25) is 0 Å². The average Bonchev–Trinajstić information content (AvgIpc) is 2.71. The summed E-state index contributed by atoms with van der Waals surface area (Å²) < 4.78 is 4.82. The van der Waals surface area contributed by atoms with Crippen LogP contribution in [0.15, 0.2) is 10.6 Å². The molecule has 138 valence electrons. The molecule has 2 saturated heterocycles. The lowest BCUT2D eigenvalue weighted by Crippen LogP contribution is -2.63. The molecule has 3 heterocycles. The molecule has 0 saturated carbocycles. The maximum Gasteiger partial charge on any atom is 0.353 e. The largest absolute Gasteiger partial charge is 0.477 e. The highest BCUT2D eigenvalue weighted by atomic mass is 32.2.